The summed E-state index contributed by atoms with van der Waals surface area (Å²) in [5.74, 6) is 6.18. The van der Waals surface area contributed by atoms with Gasteiger partial charge in [-0.25, -0.2) is 14.8 Å². The SMILES string of the molecule is CCCn1ccnc1C(NN)c1cc(C)cc(F)c1. The standard InChI is InChI=1S/C14H19FN4/c1-3-5-19-6-4-17-14(19)13(18-16)11-7-10(2)8-12(15)9-11/h4,6-9,13,18H,3,5,16H2,1-2H3. The van der Waals surface area contributed by atoms with Crippen LogP contribution in [-0.4, -0.2) is 9.55 Å². The van der Waals surface area contributed by atoms with Crippen molar-refractivity contribution in [2.45, 2.75) is 32.9 Å². The van der Waals surface area contributed by atoms with Crippen LogP contribution in [0.4, 0.5) is 4.39 Å². The molecular weight excluding hydrogens is 243 g/mol. The smallest absolute Gasteiger partial charge is 0.131 e. The van der Waals surface area contributed by atoms with Crippen LogP contribution >= 0.6 is 0 Å². The lowest BCUT2D eigenvalue weighted by atomic mass is 10.0. The van der Waals surface area contributed by atoms with Gasteiger partial charge in [-0.05, 0) is 36.6 Å². The lowest BCUT2D eigenvalue weighted by molar-refractivity contribution is 0.540. The van der Waals surface area contributed by atoms with Crippen LogP contribution in [0.3, 0.4) is 0 Å². The largest absolute Gasteiger partial charge is 0.333 e. The number of aryl methyl sites for hydroxylation is 2. The number of aromatic nitrogens is 2. The molecule has 0 aliphatic carbocycles. The van der Waals surface area contributed by atoms with E-state index >= 15 is 0 Å². The van der Waals surface area contributed by atoms with Gasteiger partial charge in [0.05, 0.1) is 0 Å². The van der Waals surface area contributed by atoms with Gasteiger partial charge in [0.25, 0.3) is 0 Å². The molecular formula is C14H19FN4. The molecule has 0 aliphatic heterocycles. The molecule has 4 nitrogen and oxygen atoms in total. The molecule has 1 aromatic carbocycles. The molecule has 5 heteroatoms. The molecule has 0 amide bonds. The minimum Gasteiger partial charge on any atom is -0.333 e. The van der Waals surface area contributed by atoms with E-state index in [1.807, 2.05) is 23.8 Å². The first-order valence-electron chi connectivity index (χ1n) is 6.40. The van der Waals surface area contributed by atoms with Crippen LogP contribution in [0.15, 0.2) is 30.6 Å². The Balaban J connectivity index is 2.40. The monoisotopic (exact) mass is 262 g/mol. The Kier molecular flexibility index (Phi) is 4.29. The van der Waals surface area contributed by atoms with Gasteiger partial charge in [0, 0.05) is 18.9 Å². The highest BCUT2D eigenvalue weighted by Gasteiger charge is 2.18. The summed E-state index contributed by atoms with van der Waals surface area (Å²) in [7, 11) is 0. The van der Waals surface area contributed by atoms with Gasteiger partial charge in [-0.2, -0.15) is 0 Å². The lowest BCUT2D eigenvalue weighted by Gasteiger charge is -2.18. The summed E-state index contributed by atoms with van der Waals surface area (Å²) in [4.78, 5) is 4.34. The van der Waals surface area contributed by atoms with E-state index in [1.165, 1.54) is 12.1 Å². The average molecular weight is 262 g/mol. The second-order valence-corrected chi connectivity index (χ2v) is 4.64. The van der Waals surface area contributed by atoms with Crippen molar-refractivity contribution in [1.29, 1.82) is 0 Å². The van der Waals surface area contributed by atoms with Crippen LogP contribution in [0.1, 0.15) is 36.3 Å². The zero-order valence-electron chi connectivity index (χ0n) is 11.2. The molecule has 0 spiro atoms. The summed E-state index contributed by atoms with van der Waals surface area (Å²) in [6.45, 7) is 4.82. The van der Waals surface area contributed by atoms with Crippen molar-refractivity contribution in [2.75, 3.05) is 0 Å². The van der Waals surface area contributed by atoms with Gasteiger partial charge >= 0.3 is 0 Å². The molecule has 0 bridgehead atoms. The highest BCUT2D eigenvalue weighted by atomic mass is 19.1. The number of nitrogens with zero attached hydrogens (tertiary/aromatic N) is 2. The third-order valence-electron chi connectivity index (χ3n) is 3.03. The second kappa shape index (κ2) is 5.95. The first kappa shape index (κ1) is 13.7. The number of benzene rings is 1. The van der Waals surface area contributed by atoms with Gasteiger partial charge < -0.3 is 4.57 Å². The third-order valence-corrected chi connectivity index (χ3v) is 3.03. The molecule has 0 saturated heterocycles. The molecule has 3 N–H and O–H groups in total. The highest BCUT2D eigenvalue weighted by Crippen LogP contribution is 2.22. The van der Waals surface area contributed by atoms with E-state index in [0.29, 0.717) is 0 Å². The number of nitrogens with one attached hydrogen (secondary N) is 1. The van der Waals surface area contributed by atoms with Crippen molar-refractivity contribution in [3.05, 3.63) is 53.4 Å². The van der Waals surface area contributed by atoms with Gasteiger partial charge in [0.1, 0.15) is 17.7 Å². The van der Waals surface area contributed by atoms with Crippen molar-refractivity contribution in [2.24, 2.45) is 5.84 Å². The minimum absolute atomic E-state index is 0.260. The van der Waals surface area contributed by atoms with Crippen molar-refractivity contribution in [3.63, 3.8) is 0 Å². The van der Waals surface area contributed by atoms with Crippen LogP contribution in [0.25, 0.3) is 0 Å². The maximum atomic E-state index is 13.5. The van der Waals surface area contributed by atoms with Gasteiger partial charge in [-0.1, -0.05) is 13.0 Å². The molecule has 2 aromatic rings. The van der Waals surface area contributed by atoms with E-state index in [0.717, 1.165) is 29.9 Å². The van der Waals surface area contributed by atoms with E-state index in [1.54, 1.807) is 6.20 Å². The molecule has 2 rings (SSSR count). The number of halogens is 1. The number of imidazole rings is 1. The number of hydrogen-bond acceptors (Lipinski definition) is 3. The summed E-state index contributed by atoms with van der Waals surface area (Å²) in [6, 6.07) is 4.59. The van der Waals surface area contributed by atoms with Crippen molar-refractivity contribution in [3.8, 4) is 0 Å². The Morgan fingerprint density at radius 1 is 1.42 bits per heavy atom. The van der Waals surface area contributed by atoms with Crippen molar-refractivity contribution >= 4 is 0 Å². The highest BCUT2D eigenvalue weighted by molar-refractivity contribution is 5.30. The molecule has 0 fully saturated rings. The van der Waals surface area contributed by atoms with Gasteiger partial charge in [-0.3, -0.25) is 5.84 Å². The molecule has 0 radical (unpaired) electrons. The number of nitrogens with two attached hydrogens (primary N) is 1. The Labute approximate surface area is 112 Å². The van der Waals surface area contributed by atoms with Crippen LogP contribution in [0.2, 0.25) is 0 Å². The lowest BCUT2D eigenvalue weighted by Crippen LogP contribution is -2.31. The topological polar surface area (TPSA) is 55.9 Å². The molecule has 0 saturated carbocycles. The fraction of sp³-hybridized carbons (Fsp3) is 0.357. The Hall–Kier alpha value is -1.72. The molecule has 1 unspecified atom stereocenters. The van der Waals surface area contributed by atoms with Crippen LogP contribution in [0, 0.1) is 12.7 Å². The predicted molar refractivity (Wildman–Crippen MR) is 72.8 cm³/mol. The zero-order valence-corrected chi connectivity index (χ0v) is 11.2. The second-order valence-electron chi connectivity index (χ2n) is 4.64. The third kappa shape index (κ3) is 3.00. The average Bonchev–Trinajstić information content (AvgIpc) is 2.78. The number of hydrazine groups is 1. The first-order chi connectivity index (χ1) is 9.15. The van der Waals surface area contributed by atoms with Crippen molar-refractivity contribution < 1.29 is 4.39 Å². The van der Waals surface area contributed by atoms with E-state index in [4.69, 9.17) is 5.84 Å². The summed E-state index contributed by atoms with van der Waals surface area (Å²) >= 11 is 0. The van der Waals surface area contributed by atoms with E-state index in [9.17, 15) is 4.39 Å². The predicted octanol–water partition coefficient (Wildman–Crippen LogP) is 2.29. The maximum absolute atomic E-state index is 13.5. The molecule has 19 heavy (non-hydrogen) atoms. The van der Waals surface area contributed by atoms with Crippen molar-refractivity contribution in [1.82, 2.24) is 15.0 Å². The maximum Gasteiger partial charge on any atom is 0.131 e. The Morgan fingerprint density at radius 3 is 2.84 bits per heavy atom. The van der Waals surface area contributed by atoms with E-state index in [-0.39, 0.29) is 11.9 Å². The summed E-state index contributed by atoms with van der Waals surface area (Å²) < 4.78 is 15.6. The fourth-order valence-corrected chi connectivity index (χ4v) is 2.26. The van der Waals surface area contributed by atoms with E-state index < -0.39 is 0 Å². The molecule has 1 atom stereocenters. The first-order valence-corrected chi connectivity index (χ1v) is 6.40. The van der Waals surface area contributed by atoms with E-state index in [2.05, 4.69) is 17.3 Å². The molecule has 1 aromatic heterocycles. The Morgan fingerprint density at radius 2 is 2.21 bits per heavy atom. The minimum atomic E-state index is -0.309. The molecule has 102 valence electrons. The number of rotatable bonds is 5. The summed E-state index contributed by atoms with van der Waals surface area (Å²) in [6.07, 6.45) is 4.65. The normalized spacial score (nSPS) is 12.6. The van der Waals surface area contributed by atoms with Crippen LogP contribution in [-0.2, 0) is 6.54 Å². The van der Waals surface area contributed by atoms with Gasteiger partial charge in [-0.15, -0.1) is 0 Å². The number of hydrogen-bond donors (Lipinski definition) is 2. The quantitative estimate of drug-likeness (QED) is 0.642. The van der Waals surface area contributed by atoms with Crippen LogP contribution < -0.4 is 11.3 Å². The van der Waals surface area contributed by atoms with Gasteiger partial charge in [0.15, 0.2) is 0 Å². The summed E-state index contributed by atoms with van der Waals surface area (Å²) in [5.41, 5.74) is 4.37. The Bertz CT molecular complexity index is 530. The molecule has 0 aliphatic rings. The molecule has 1 heterocycles. The fourth-order valence-electron chi connectivity index (χ4n) is 2.26. The van der Waals surface area contributed by atoms with Gasteiger partial charge in [0.2, 0.25) is 0 Å². The van der Waals surface area contributed by atoms with Crippen LogP contribution in [0.5, 0.6) is 0 Å². The summed E-state index contributed by atoms with van der Waals surface area (Å²) in [5, 5.41) is 0. The zero-order chi connectivity index (χ0) is 13.8.